The van der Waals surface area contributed by atoms with Crippen LogP contribution in [-0.4, -0.2) is 23.5 Å². The SMILES string of the molecule is COc1ccc(Cl)cc1/C(N)=N/OC(=O)c1ccc2c(c1)c(C)c(C)n2Cc1ccccc1. The number of aryl methyl sites for hydroxylation is 1. The Balaban J connectivity index is 1.60. The number of amidine groups is 1. The molecule has 0 bridgehead atoms. The third-order valence-electron chi connectivity index (χ3n) is 5.72. The molecule has 168 valence electrons. The molecular formula is C26H24ClN3O3. The van der Waals surface area contributed by atoms with Crippen molar-refractivity contribution in [2.45, 2.75) is 20.4 Å². The Bertz CT molecular complexity index is 1360. The highest BCUT2D eigenvalue weighted by atomic mass is 35.5. The van der Waals surface area contributed by atoms with Gasteiger partial charge in [-0.05, 0) is 61.4 Å². The molecule has 0 fully saturated rings. The van der Waals surface area contributed by atoms with E-state index in [1.165, 1.54) is 12.7 Å². The fraction of sp³-hybridized carbons (Fsp3) is 0.154. The first-order chi connectivity index (χ1) is 15.9. The summed E-state index contributed by atoms with van der Waals surface area (Å²) in [5, 5.41) is 5.26. The molecule has 0 saturated heterocycles. The topological polar surface area (TPSA) is 78.8 Å². The average molecular weight is 462 g/mol. The lowest BCUT2D eigenvalue weighted by atomic mass is 10.1. The molecule has 0 spiro atoms. The number of hydrogen-bond acceptors (Lipinski definition) is 4. The van der Waals surface area contributed by atoms with E-state index >= 15 is 0 Å². The fourth-order valence-electron chi connectivity index (χ4n) is 3.82. The standard InChI is InChI=1S/C26H24ClN3O3/c1-16-17(2)30(15-18-7-5-4-6-8-18)23-11-9-19(13-21(16)23)26(31)33-29-25(28)22-14-20(27)10-12-24(22)32-3/h4-14H,15H2,1-3H3,(H2,28,29). The van der Waals surface area contributed by atoms with Gasteiger partial charge in [-0.15, -0.1) is 0 Å². The molecule has 6 nitrogen and oxygen atoms in total. The maximum atomic E-state index is 12.7. The van der Waals surface area contributed by atoms with Gasteiger partial charge in [0.05, 0.1) is 18.2 Å². The molecule has 0 aliphatic carbocycles. The quantitative estimate of drug-likeness (QED) is 0.179. The van der Waals surface area contributed by atoms with Crippen molar-refractivity contribution in [1.82, 2.24) is 4.57 Å². The van der Waals surface area contributed by atoms with E-state index in [0.717, 1.165) is 28.7 Å². The molecule has 0 atom stereocenters. The van der Waals surface area contributed by atoms with Crippen LogP contribution < -0.4 is 10.5 Å². The van der Waals surface area contributed by atoms with Gasteiger partial charge < -0.3 is 19.9 Å². The van der Waals surface area contributed by atoms with Gasteiger partial charge >= 0.3 is 5.97 Å². The fourth-order valence-corrected chi connectivity index (χ4v) is 3.99. The molecule has 1 heterocycles. The number of hydrogen-bond donors (Lipinski definition) is 1. The number of carbonyl (C=O) groups excluding carboxylic acids is 1. The van der Waals surface area contributed by atoms with Gasteiger partial charge in [0.2, 0.25) is 0 Å². The van der Waals surface area contributed by atoms with E-state index in [0.29, 0.717) is 21.9 Å². The number of fused-ring (bicyclic) bond motifs is 1. The minimum atomic E-state index is -0.603. The molecule has 33 heavy (non-hydrogen) atoms. The zero-order chi connectivity index (χ0) is 23.5. The van der Waals surface area contributed by atoms with E-state index in [-0.39, 0.29) is 5.84 Å². The van der Waals surface area contributed by atoms with Crippen LogP contribution >= 0.6 is 11.6 Å². The minimum absolute atomic E-state index is 0.00943. The van der Waals surface area contributed by atoms with Gasteiger partial charge in [-0.1, -0.05) is 47.1 Å². The van der Waals surface area contributed by atoms with Gasteiger partial charge in [-0.25, -0.2) is 4.79 Å². The molecule has 2 N–H and O–H groups in total. The number of aromatic nitrogens is 1. The lowest BCUT2D eigenvalue weighted by Crippen LogP contribution is -2.16. The van der Waals surface area contributed by atoms with Crippen molar-refractivity contribution in [2.24, 2.45) is 10.9 Å². The molecule has 0 aliphatic heterocycles. The highest BCUT2D eigenvalue weighted by molar-refractivity contribution is 6.31. The van der Waals surface area contributed by atoms with Gasteiger partial charge in [-0.3, -0.25) is 0 Å². The number of oxime groups is 1. The Kier molecular flexibility index (Phi) is 6.38. The second-order valence-corrected chi connectivity index (χ2v) is 8.15. The number of methoxy groups -OCH3 is 1. The summed E-state index contributed by atoms with van der Waals surface area (Å²) >= 11 is 6.04. The van der Waals surface area contributed by atoms with Crippen molar-refractivity contribution < 1.29 is 14.4 Å². The van der Waals surface area contributed by atoms with Crippen LogP contribution in [0.5, 0.6) is 5.75 Å². The number of rotatable bonds is 6. The molecule has 1 aromatic heterocycles. The Hall–Kier alpha value is -3.77. The third-order valence-corrected chi connectivity index (χ3v) is 5.96. The summed E-state index contributed by atoms with van der Waals surface area (Å²) < 4.78 is 7.51. The molecule has 4 rings (SSSR count). The molecule has 4 aromatic rings. The second kappa shape index (κ2) is 9.38. The van der Waals surface area contributed by atoms with E-state index in [4.69, 9.17) is 26.9 Å². The Labute approximate surface area is 197 Å². The summed E-state index contributed by atoms with van der Waals surface area (Å²) in [6, 6.07) is 20.7. The second-order valence-electron chi connectivity index (χ2n) is 7.71. The van der Waals surface area contributed by atoms with Crippen LogP contribution in [0.4, 0.5) is 0 Å². The molecule has 0 radical (unpaired) electrons. The molecule has 0 saturated carbocycles. The summed E-state index contributed by atoms with van der Waals surface area (Å²) in [5.74, 6) is -0.137. The average Bonchev–Trinajstić information content (AvgIpc) is 3.07. The van der Waals surface area contributed by atoms with Crippen molar-refractivity contribution in [2.75, 3.05) is 7.11 Å². The maximum Gasteiger partial charge on any atom is 0.365 e. The molecule has 3 aromatic carbocycles. The molecular weight excluding hydrogens is 438 g/mol. The lowest BCUT2D eigenvalue weighted by molar-refractivity contribution is 0.0516. The van der Waals surface area contributed by atoms with Crippen molar-refractivity contribution in [3.05, 3.63) is 99.7 Å². The highest BCUT2D eigenvalue weighted by Crippen LogP contribution is 2.28. The Morgan fingerprint density at radius 1 is 1.06 bits per heavy atom. The summed E-state index contributed by atoms with van der Waals surface area (Å²) in [6.45, 7) is 4.89. The first-order valence-electron chi connectivity index (χ1n) is 10.4. The normalized spacial score (nSPS) is 11.6. The van der Waals surface area contributed by atoms with Crippen LogP contribution in [0.25, 0.3) is 10.9 Å². The van der Waals surface area contributed by atoms with Crippen molar-refractivity contribution in [1.29, 1.82) is 0 Å². The van der Waals surface area contributed by atoms with Gasteiger partial charge in [0.1, 0.15) is 5.75 Å². The number of benzene rings is 3. The Morgan fingerprint density at radius 3 is 2.55 bits per heavy atom. The molecule has 7 heteroatoms. The highest BCUT2D eigenvalue weighted by Gasteiger charge is 2.16. The lowest BCUT2D eigenvalue weighted by Gasteiger charge is -2.09. The number of carbonyl (C=O) groups is 1. The summed E-state index contributed by atoms with van der Waals surface area (Å²) in [6.07, 6.45) is 0. The van der Waals surface area contributed by atoms with Gasteiger partial charge in [0.25, 0.3) is 0 Å². The Morgan fingerprint density at radius 2 is 1.82 bits per heavy atom. The van der Waals surface area contributed by atoms with Crippen LogP contribution in [0, 0.1) is 13.8 Å². The molecule has 0 unspecified atom stereocenters. The van der Waals surface area contributed by atoms with Crippen molar-refractivity contribution in [3.8, 4) is 5.75 Å². The zero-order valence-electron chi connectivity index (χ0n) is 18.6. The summed E-state index contributed by atoms with van der Waals surface area (Å²) in [4.78, 5) is 17.8. The summed E-state index contributed by atoms with van der Waals surface area (Å²) in [7, 11) is 1.51. The van der Waals surface area contributed by atoms with Crippen LogP contribution in [-0.2, 0) is 11.4 Å². The maximum absolute atomic E-state index is 12.7. The zero-order valence-corrected chi connectivity index (χ0v) is 19.4. The van der Waals surface area contributed by atoms with Gasteiger partial charge in [-0.2, -0.15) is 0 Å². The van der Waals surface area contributed by atoms with Crippen LogP contribution in [0.1, 0.15) is 32.7 Å². The van der Waals surface area contributed by atoms with Crippen LogP contribution in [0.3, 0.4) is 0 Å². The van der Waals surface area contributed by atoms with E-state index in [1.54, 1.807) is 24.3 Å². The van der Waals surface area contributed by atoms with Crippen molar-refractivity contribution >= 4 is 34.3 Å². The molecule has 0 aliphatic rings. The number of nitrogens with two attached hydrogens (primary N) is 1. The minimum Gasteiger partial charge on any atom is -0.496 e. The van der Waals surface area contributed by atoms with Crippen LogP contribution in [0.2, 0.25) is 5.02 Å². The van der Waals surface area contributed by atoms with Crippen LogP contribution in [0.15, 0.2) is 71.9 Å². The first kappa shape index (κ1) is 22.4. The largest absolute Gasteiger partial charge is 0.496 e. The predicted molar refractivity (Wildman–Crippen MR) is 131 cm³/mol. The van der Waals surface area contributed by atoms with E-state index in [1.807, 2.05) is 30.3 Å². The third kappa shape index (κ3) is 4.56. The predicted octanol–water partition coefficient (Wildman–Crippen LogP) is 5.45. The van der Waals surface area contributed by atoms with E-state index in [2.05, 4.69) is 35.7 Å². The number of halogens is 1. The number of nitrogens with zero attached hydrogens (tertiary/aromatic N) is 2. The van der Waals surface area contributed by atoms with Gasteiger partial charge in [0.15, 0.2) is 5.84 Å². The number of ether oxygens (including phenoxy) is 1. The summed E-state index contributed by atoms with van der Waals surface area (Å²) in [5.41, 5.74) is 11.4. The van der Waals surface area contributed by atoms with E-state index in [9.17, 15) is 4.79 Å². The molecule has 0 amide bonds. The van der Waals surface area contributed by atoms with Gasteiger partial charge in [0, 0.05) is 28.2 Å². The monoisotopic (exact) mass is 461 g/mol. The van der Waals surface area contributed by atoms with Crippen molar-refractivity contribution in [3.63, 3.8) is 0 Å². The first-order valence-corrected chi connectivity index (χ1v) is 10.8. The smallest absolute Gasteiger partial charge is 0.365 e. The van der Waals surface area contributed by atoms with E-state index < -0.39 is 5.97 Å².